The fourth-order valence-electron chi connectivity index (χ4n) is 2.35. The first-order valence-electron chi connectivity index (χ1n) is 7.06. The van der Waals surface area contributed by atoms with E-state index in [1.54, 1.807) is 6.07 Å². The predicted molar refractivity (Wildman–Crippen MR) is 92.6 cm³/mol. The third-order valence-electron chi connectivity index (χ3n) is 3.40. The van der Waals surface area contributed by atoms with Crippen molar-refractivity contribution in [3.05, 3.63) is 71.3 Å². The van der Waals surface area contributed by atoms with Gasteiger partial charge in [-0.3, -0.25) is 4.79 Å². The van der Waals surface area contributed by atoms with Crippen LogP contribution in [0.1, 0.15) is 21.5 Å². The van der Waals surface area contributed by atoms with Crippen LogP contribution in [0.4, 0.5) is 0 Å². The molecule has 0 fully saturated rings. The molecule has 2 aromatic rings. The normalized spacial score (nSPS) is 12.2. The highest BCUT2D eigenvalue weighted by Gasteiger charge is 2.24. The van der Waals surface area contributed by atoms with Crippen molar-refractivity contribution < 1.29 is 4.79 Å². The quantitative estimate of drug-likeness (QED) is 0.666. The molecule has 108 valence electrons. The van der Waals surface area contributed by atoms with E-state index in [0.29, 0.717) is 5.56 Å². The maximum Gasteiger partial charge on any atom is 0.249 e. The first kappa shape index (κ1) is 15.3. The number of carbonyl (C=O) groups excluding carboxylic acids is 1. The lowest BCUT2D eigenvalue weighted by atomic mass is 10.0. The van der Waals surface area contributed by atoms with Gasteiger partial charge in [-0.1, -0.05) is 79.4 Å². The molecule has 2 nitrogen and oxygen atoms in total. The van der Waals surface area contributed by atoms with Gasteiger partial charge >= 0.3 is 0 Å². The molecule has 0 aromatic heterocycles. The van der Waals surface area contributed by atoms with E-state index in [2.05, 4.69) is 37.8 Å². The summed E-state index contributed by atoms with van der Waals surface area (Å²) in [5, 5.41) is 1.24. The highest BCUT2D eigenvalue weighted by molar-refractivity contribution is 6.94. The number of benzene rings is 2. The summed E-state index contributed by atoms with van der Waals surface area (Å²) < 4.78 is 0. The molecular weight excluding hydrogens is 274 g/mol. The summed E-state index contributed by atoms with van der Waals surface area (Å²) in [5.41, 5.74) is 8.25. The van der Waals surface area contributed by atoms with Crippen molar-refractivity contribution in [2.75, 3.05) is 0 Å². The minimum atomic E-state index is -1.63. The van der Waals surface area contributed by atoms with Crippen LogP contribution in [0.15, 0.2) is 54.6 Å². The van der Waals surface area contributed by atoms with Gasteiger partial charge in [0, 0.05) is 5.56 Å². The van der Waals surface area contributed by atoms with Gasteiger partial charge in [-0.15, -0.1) is 0 Å². The number of primary amides is 1. The van der Waals surface area contributed by atoms with Crippen LogP contribution in [-0.4, -0.2) is 14.0 Å². The van der Waals surface area contributed by atoms with Crippen molar-refractivity contribution >= 4 is 25.3 Å². The van der Waals surface area contributed by atoms with Crippen LogP contribution in [0.3, 0.4) is 0 Å². The van der Waals surface area contributed by atoms with Gasteiger partial charge in [-0.05, 0) is 17.2 Å². The monoisotopic (exact) mass is 295 g/mol. The lowest BCUT2D eigenvalue weighted by Crippen LogP contribution is -2.25. The van der Waals surface area contributed by atoms with Crippen LogP contribution < -0.4 is 5.73 Å². The van der Waals surface area contributed by atoms with Crippen molar-refractivity contribution in [1.29, 1.82) is 0 Å². The second kappa shape index (κ2) is 6.10. The van der Waals surface area contributed by atoms with Crippen molar-refractivity contribution in [3.8, 4) is 0 Å². The Bertz CT molecular complexity index is 669. The van der Waals surface area contributed by atoms with Crippen LogP contribution in [-0.2, 0) is 0 Å². The predicted octanol–water partition coefficient (Wildman–Crippen LogP) is 4.20. The maximum atomic E-state index is 11.7. The minimum absolute atomic E-state index is 0.372. The highest BCUT2D eigenvalue weighted by Crippen LogP contribution is 2.30. The molecule has 0 radical (unpaired) electrons. The topological polar surface area (TPSA) is 43.1 Å². The Hall–Kier alpha value is -2.13. The fraction of sp³-hybridized carbons (Fsp3) is 0.167. The smallest absolute Gasteiger partial charge is 0.249 e. The number of rotatable bonds is 4. The van der Waals surface area contributed by atoms with Crippen LogP contribution >= 0.6 is 0 Å². The first-order valence-corrected chi connectivity index (χ1v) is 10.6. The van der Waals surface area contributed by atoms with Crippen LogP contribution in [0.2, 0.25) is 19.6 Å². The van der Waals surface area contributed by atoms with Crippen LogP contribution in [0.25, 0.3) is 11.3 Å². The van der Waals surface area contributed by atoms with Gasteiger partial charge in [-0.25, -0.2) is 0 Å². The molecule has 0 spiro atoms. The van der Waals surface area contributed by atoms with Crippen molar-refractivity contribution in [2.24, 2.45) is 5.73 Å². The summed E-state index contributed by atoms with van der Waals surface area (Å²) in [6, 6.07) is 17.8. The summed E-state index contributed by atoms with van der Waals surface area (Å²) in [6.07, 6.45) is 2.19. The first-order chi connectivity index (χ1) is 9.89. The summed E-state index contributed by atoms with van der Waals surface area (Å²) in [4.78, 5) is 11.7. The molecule has 0 unspecified atom stereocenters. The Morgan fingerprint density at radius 2 is 1.43 bits per heavy atom. The molecule has 0 aliphatic carbocycles. The number of nitrogens with two attached hydrogens (primary N) is 1. The third kappa shape index (κ3) is 3.70. The van der Waals surface area contributed by atoms with E-state index in [1.807, 2.05) is 36.4 Å². The average molecular weight is 295 g/mol. The van der Waals surface area contributed by atoms with Gasteiger partial charge < -0.3 is 5.73 Å². The Morgan fingerprint density at radius 1 is 0.905 bits per heavy atom. The van der Waals surface area contributed by atoms with Gasteiger partial charge in [0.2, 0.25) is 5.91 Å². The lowest BCUT2D eigenvalue weighted by molar-refractivity contribution is 0.1000. The molecule has 3 heteroatoms. The molecule has 0 bridgehead atoms. The Labute approximate surface area is 127 Å². The van der Waals surface area contributed by atoms with Crippen molar-refractivity contribution in [1.82, 2.24) is 0 Å². The van der Waals surface area contributed by atoms with Gasteiger partial charge in [0.05, 0.1) is 8.07 Å². The molecular formula is C18H21NOSi. The maximum absolute atomic E-state index is 11.7. The molecule has 2 N–H and O–H groups in total. The molecule has 1 amide bonds. The number of hydrogen-bond acceptors (Lipinski definition) is 1. The number of hydrogen-bond donors (Lipinski definition) is 1. The molecule has 0 heterocycles. The van der Waals surface area contributed by atoms with E-state index >= 15 is 0 Å². The Kier molecular flexibility index (Phi) is 4.43. The van der Waals surface area contributed by atoms with Gasteiger partial charge in [0.1, 0.15) is 0 Å². The molecule has 2 aromatic carbocycles. The second-order valence-electron chi connectivity index (χ2n) is 6.13. The molecule has 0 saturated heterocycles. The van der Waals surface area contributed by atoms with E-state index in [9.17, 15) is 4.79 Å². The van der Waals surface area contributed by atoms with E-state index in [4.69, 9.17) is 5.73 Å². The van der Waals surface area contributed by atoms with Crippen molar-refractivity contribution in [2.45, 2.75) is 19.6 Å². The Balaban J connectivity index is 2.63. The second-order valence-corrected chi connectivity index (χ2v) is 11.2. The highest BCUT2D eigenvalue weighted by atomic mass is 28.3. The zero-order valence-corrected chi connectivity index (χ0v) is 13.8. The van der Waals surface area contributed by atoms with E-state index in [-0.39, 0.29) is 5.91 Å². The van der Waals surface area contributed by atoms with Gasteiger partial charge in [0.15, 0.2) is 0 Å². The Morgan fingerprint density at radius 3 is 1.95 bits per heavy atom. The molecule has 0 saturated carbocycles. The average Bonchev–Trinajstić information content (AvgIpc) is 2.44. The molecule has 0 aliphatic heterocycles. The van der Waals surface area contributed by atoms with Crippen LogP contribution in [0, 0.1) is 0 Å². The van der Waals surface area contributed by atoms with E-state index < -0.39 is 8.07 Å². The number of carbonyl (C=O) groups is 1. The summed E-state index contributed by atoms with van der Waals surface area (Å²) in [6.45, 7) is 6.83. The van der Waals surface area contributed by atoms with Crippen LogP contribution in [0.5, 0.6) is 0 Å². The zero-order valence-electron chi connectivity index (χ0n) is 12.8. The fourth-order valence-corrected chi connectivity index (χ4v) is 3.97. The lowest BCUT2D eigenvalue weighted by Gasteiger charge is -2.23. The third-order valence-corrected chi connectivity index (χ3v) is 5.43. The van der Waals surface area contributed by atoms with Gasteiger partial charge in [0.25, 0.3) is 0 Å². The molecule has 21 heavy (non-hydrogen) atoms. The van der Waals surface area contributed by atoms with Crippen molar-refractivity contribution in [3.63, 3.8) is 0 Å². The van der Waals surface area contributed by atoms with E-state index in [0.717, 1.165) is 11.1 Å². The zero-order chi connectivity index (χ0) is 15.5. The minimum Gasteiger partial charge on any atom is -0.366 e. The number of amides is 1. The molecule has 0 atom stereocenters. The summed E-state index contributed by atoms with van der Waals surface area (Å²) >= 11 is 0. The largest absolute Gasteiger partial charge is 0.366 e. The summed E-state index contributed by atoms with van der Waals surface area (Å²) in [7, 11) is -1.63. The van der Waals surface area contributed by atoms with E-state index in [1.165, 1.54) is 5.20 Å². The molecule has 2 rings (SSSR count). The standard InChI is InChI=1S/C18H21NOSi/c1-21(2,3)17(13-14-9-5-4-6-10-14)15-11-7-8-12-16(15)18(19)20/h4-13H,1-3H3,(H2,19,20)/b17-13-. The van der Waals surface area contributed by atoms with Gasteiger partial charge in [-0.2, -0.15) is 0 Å². The summed E-state index contributed by atoms with van der Waals surface area (Å²) in [5.74, 6) is -0.372. The molecule has 0 aliphatic rings. The SMILES string of the molecule is C[Si](C)(C)/C(=C\c1ccccc1)c1ccccc1C(N)=O.